The molecule has 0 amide bonds. The van der Waals surface area contributed by atoms with Crippen molar-refractivity contribution in [3.63, 3.8) is 0 Å². The molecule has 0 fully saturated rings. The summed E-state index contributed by atoms with van der Waals surface area (Å²) in [6, 6.07) is 14.6. The number of sulfone groups is 1. The molecule has 0 atom stereocenters. The Kier molecular flexibility index (Phi) is 6.57. The number of ether oxygens (including phenoxy) is 1. The molecule has 0 N–H and O–H groups in total. The molecule has 4 aromatic rings. The maximum atomic E-state index is 13.0. The Hall–Kier alpha value is -3.45. The number of nitrogens with zero attached hydrogens (tertiary/aromatic N) is 2. The number of hydrogen-bond donors (Lipinski definition) is 0. The molecule has 0 aliphatic rings. The number of hydrogen-bond acceptors (Lipinski definition) is 5. The highest BCUT2D eigenvalue weighted by atomic mass is 32.2. The Morgan fingerprint density at radius 1 is 0.941 bits per heavy atom. The van der Waals surface area contributed by atoms with Crippen LogP contribution in [0.5, 0.6) is 5.75 Å². The first kappa shape index (κ1) is 23.7. The van der Waals surface area contributed by atoms with Crippen LogP contribution in [0.15, 0.2) is 70.6 Å². The highest BCUT2D eigenvalue weighted by Crippen LogP contribution is 2.37. The molecule has 0 aliphatic heterocycles. The van der Waals surface area contributed by atoms with Gasteiger partial charge in [-0.25, -0.2) is 8.42 Å². The fourth-order valence-electron chi connectivity index (χ4n) is 3.92. The van der Waals surface area contributed by atoms with E-state index >= 15 is 0 Å². The largest absolute Gasteiger partial charge is 0.493 e. The van der Waals surface area contributed by atoms with Gasteiger partial charge >= 0.3 is 0 Å². The van der Waals surface area contributed by atoms with E-state index in [4.69, 9.17) is 4.74 Å². The molecule has 0 saturated heterocycles. The van der Waals surface area contributed by atoms with Gasteiger partial charge in [-0.05, 0) is 60.7 Å². The molecule has 34 heavy (non-hydrogen) atoms. The van der Waals surface area contributed by atoms with Crippen LogP contribution in [0.3, 0.4) is 0 Å². The quantitative estimate of drug-likeness (QED) is 0.368. The monoisotopic (exact) mass is 476 g/mol. The predicted molar refractivity (Wildman–Crippen MR) is 136 cm³/mol. The number of rotatable bonds is 7. The summed E-state index contributed by atoms with van der Waals surface area (Å²) in [5, 5.41) is 1.28. The second-order valence-electron chi connectivity index (χ2n) is 8.32. The topological polar surface area (TPSA) is 78.3 Å². The van der Waals surface area contributed by atoms with Crippen LogP contribution < -0.4 is 10.3 Å². The maximum Gasteiger partial charge on any atom is 0.258 e. The smallest absolute Gasteiger partial charge is 0.258 e. The number of aromatic nitrogens is 2. The van der Waals surface area contributed by atoms with Gasteiger partial charge in [0.15, 0.2) is 9.84 Å². The summed E-state index contributed by atoms with van der Waals surface area (Å²) < 4.78 is 32.8. The van der Waals surface area contributed by atoms with E-state index in [2.05, 4.69) is 4.98 Å². The van der Waals surface area contributed by atoms with Crippen LogP contribution in [-0.4, -0.2) is 30.3 Å². The predicted octanol–water partition coefficient (Wildman–Crippen LogP) is 5.16. The van der Waals surface area contributed by atoms with E-state index in [9.17, 15) is 13.2 Å². The molecule has 4 rings (SSSR count). The average molecular weight is 477 g/mol. The molecule has 2 aromatic heterocycles. The number of benzene rings is 2. The molecule has 7 heteroatoms. The van der Waals surface area contributed by atoms with Gasteiger partial charge < -0.3 is 9.30 Å². The van der Waals surface area contributed by atoms with E-state index in [-0.39, 0.29) is 16.2 Å². The molecule has 176 valence electrons. The summed E-state index contributed by atoms with van der Waals surface area (Å²) in [6.07, 6.45) is 4.37. The first-order chi connectivity index (χ1) is 16.2. The molecule has 0 aliphatic carbocycles. The SMILES string of the molecule is CCCOc1ccc(S(=O)(=O)CC)cc1-c1cn(C)c(=O)c2ccc(-c3ccc(C)nc3)cc12. The lowest BCUT2D eigenvalue weighted by Crippen LogP contribution is -2.16. The van der Waals surface area contributed by atoms with Gasteiger partial charge in [0.1, 0.15) is 5.75 Å². The molecular formula is C27H28N2O4S. The van der Waals surface area contributed by atoms with Crippen molar-refractivity contribution >= 4 is 20.6 Å². The number of fused-ring (bicyclic) bond motifs is 1. The zero-order valence-corrected chi connectivity index (χ0v) is 20.6. The van der Waals surface area contributed by atoms with Crippen molar-refractivity contribution in [3.05, 3.63) is 77.0 Å². The molecule has 2 heterocycles. The molecule has 0 saturated carbocycles. The van der Waals surface area contributed by atoms with E-state index in [0.29, 0.717) is 23.3 Å². The summed E-state index contributed by atoms with van der Waals surface area (Å²) in [6.45, 7) is 6.07. The number of aryl methyl sites for hydroxylation is 2. The van der Waals surface area contributed by atoms with Gasteiger partial charge in [-0.15, -0.1) is 0 Å². The van der Waals surface area contributed by atoms with Crippen molar-refractivity contribution in [2.75, 3.05) is 12.4 Å². The Morgan fingerprint density at radius 3 is 2.38 bits per heavy atom. The highest BCUT2D eigenvalue weighted by Gasteiger charge is 2.19. The Balaban J connectivity index is 2.03. The molecule has 0 spiro atoms. The summed E-state index contributed by atoms with van der Waals surface area (Å²) in [7, 11) is -1.73. The first-order valence-corrected chi connectivity index (χ1v) is 13.0. The van der Waals surface area contributed by atoms with Crippen molar-refractivity contribution in [3.8, 4) is 28.0 Å². The molecule has 0 bridgehead atoms. The van der Waals surface area contributed by atoms with Crippen LogP contribution in [-0.2, 0) is 16.9 Å². The van der Waals surface area contributed by atoms with Crippen molar-refractivity contribution in [1.29, 1.82) is 0 Å². The fourth-order valence-corrected chi connectivity index (χ4v) is 4.82. The summed E-state index contributed by atoms with van der Waals surface area (Å²) in [5.41, 5.74) is 4.03. The van der Waals surface area contributed by atoms with Crippen molar-refractivity contribution in [2.24, 2.45) is 7.05 Å². The van der Waals surface area contributed by atoms with Crippen molar-refractivity contribution in [2.45, 2.75) is 32.1 Å². The lowest BCUT2D eigenvalue weighted by molar-refractivity contribution is 0.318. The van der Waals surface area contributed by atoms with Crippen LogP contribution in [0.4, 0.5) is 0 Å². The molecule has 2 aromatic carbocycles. The average Bonchev–Trinajstić information content (AvgIpc) is 2.85. The molecule has 0 unspecified atom stereocenters. The van der Waals surface area contributed by atoms with Crippen LogP contribution in [0.2, 0.25) is 0 Å². The zero-order valence-electron chi connectivity index (χ0n) is 19.8. The fraction of sp³-hybridized carbons (Fsp3) is 0.259. The second kappa shape index (κ2) is 9.43. The molecule has 0 radical (unpaired) electrons. The van der Waals surface area contributed by atoms with Gasteiger partial charge in [-0.3, -0.25) is 9.78 Å². The lowest BCUT2D eigenvalue weighted by Gasteiger charge is -2.16. The third-order valence-electron chi connectivity index (χ3n) is 5.87. The van der Waals surface area contributed by atoms with Crippen molar-refractivity contribution < 1.29 is 13.2 Å². The van der Waals surface area contributed by atoms with Gasteiger partial charge in [-0.1, -0.05) is 26.0 Å². The highest BCUT2D eigenvalue weighted by molar-refractivity contribution is 7.91. The molecular weight excluding hydrogens is 448 g/mol. The zero-order chi connectivity index (χ0) is 24.5. The third-order valence-corrected chi connectivity index (χ3v) is 7.60. The van der Waals surface area contributed by atoms with E-state index in [0.717, 1.165) is 34.2 Å². The first-order valence-electron chi connectivity index (χ1n) is 11.3. The second-order valence-corrected chi connectivity index (χ2v) is 10.6. The number of pyridine rings is 2. The van der Waals surface area contributed by atoms with Crippen LogP contribution in [0, 0.1) is 6.92 Å². The maximum absolute atomic E-state index is 13.0. The third kappa shape index (κ3) is 4.48. The van der Waals surface area contributed by atoms with E-state index < -0.39 is 9.84 Å². The van der Waals surface area contributed by atoms with E-state index in [1.54, 1.807) is 44.6 Å². The Labute approximate surface area is 199 Å². The van der Waals surface area contributed by atoms with E-state index in [1.807, 2.05) is 44.2 Å². The Morgan fingerprint density at radius 2 is 1.71 bits per heavy atom. The molecule has 6 nitrogen and oxygen atoms in total. The minimum atomic E-state index is -3.43. The van der Waals surface area contributed by atoms with Gasteiger partial charge in [0, 0.05) is 47.2 Å². The van der Waals surface area contributed by atoms with Crippen molar-refractivity contribution in [1.82, 2.24) is 9.55 Å². The summed E-state index contributed by atoms with van der Waals surface area (Å²) in [4.78, 5) is 17.6. The standard InChI is InChI=1S/C27H28N2O4S/c1-5-13-33-26-12-10-21(34(31,32)6-2)15-24(26)25-17-29(4)27(30)22-11-9-19(14-23(22)25)20-8-7-18(3)28-16-20/h7-12,14-17H,5-6,13H2,1-4H3. The Bertz CT molecular complexity index is 1520. The van der Waals surface area contributed by atoms with Gasteiger partial charge in [-0.2, -0.15) is 0 Å². The van der Waals surface area contributed by atoms with Crippen LogP contribution >= 0.6 is 0 Å². The minimum Gasteiger partial charge on any atom is -0.493 e. The van der Waals surface area contributed by atoms with Gasteiger partial charge in [0.25, 0.3) is 5.56 Å². The van der Waals surface area contributed by atoms with Gasteiger partial charge in [0.2, 0.25) is 0 Å². The van der Waals surface area contributed by atoms with E-state index in [1.165, 1.54) is 4.57 Å². The van der Waals surface area contributed by atoms with Crippen LogP contribution in [0.1, 0.15) is 26.0 Å². The summed E-state index contributed by atoms with van der Waals surface area (Å²) in [5.74, 6) is 0.583. The van der Waals surface area contributed by atoms with Gasteiger partial charge in [0.05, 0.1) is 17.3 Å². The normalized spacial score (nSPS) is 11.6. The minimum absolute atomic E-state index is 0.000198. The lowest BCUT2D eigenvalue weighted by atomic mass is 9.96. The van der Waals surface area contributed by atoms with Crippen LogP contribution in [0.25, 0.3) is 33.0 Å². The summed E-state index contributed by atoms with van der Waals surface area (Å²) >= 11 is 0.